The summed E-state index contributed by atoms with van der Waals surface area (Å²) in [4.78, 5) is 28.4. The number of esters is 1. The fraction of sp³-hybridized carbons (Fsp3) is 0.174. The van der Waals surface area contributed by atoms with E-state index in [1.165, 1.54) is 30.5 Å². The molecule has 3 aromatic rings. The third-order valence-electron chi connectivity index (χ3n) is 4.46. The van der Waals surface area contributed by atoms with Gasteiger partial charge in [-0.3, -0.25) is 4.79 Å². The molecule has 0 radical (unpaired) electrons. The molecule has 0 saturated carbocycles. The number of carbonyl (C=O) groups excluding carboxylic acids is 2. The molecular formula is C23H19ClF3N3O3. The summed E-state index contributed by atoms with van der Waals surface area (Å²) in [5, 5.41) is 5.95. The highest BCUT2D eigenvalue weighted by atomic mass is 35.5. The number of nitrogens with one attached hydrogen (secondary N) is 2. The van der Waals surface area contributed by atoms with Gasteiger partial charge in [-0.25, -0.2) is 9.78 Å². The van der Waals surface area contributed by atoms with Crippen LogP contribution in [0, 0.1) is 0 Å². The summed E-state index contributed by atoms with van der Waals surface area (Å²) < 4.78 is 43.8. The van der Waals surface area contributed by atoms with Gasteiger partial charge in [-0.05, 0) is 54.4 Å². The average molecular weight is 478 g/mol. The predicted octanol–water partition coefficient (Wildman–Crippen LogP) is 5.01. The van der Waals surface area contributed by atoms with Crippen LogP contribution in [0.25, 0.3) is 0 Å². The van der Waals surface area contributed by atoms with Gasteiger partial charge in [-0.1, -0.05) is 29.8 Å². The van der Waals surface area contributed by atoms with Gasteiger partial charge in [0.25, 0.3) is 5.91 Å². The summed E-state index contributed by atoms with van der Waals surface area (Å²) in [7, 11) is 0. The lowest BCUT2D eigenvalue weighted by Gasteiger charge is -2.13. The summed E-state index contributed by atoms with van der Waals surface area (Å²) in [5.74, 6) is -1.33. The second kappa shape index (κ2) is 10.8. The summed E-state index contributed by atoms with van der Waals surface area (Å²) in [5.41, 5.74) is 0.210. The number of rotatable bonds is 8. The van der Waals surface area contributed by atoms with Crippen molar-refractivity contribution in [3.63, 3.8) is 0 Å². The van der Waals surface area contributed by atoms with E-state index in [1.54, 1.807) is 12.1 Å². The Balaban J connectivity index is 1.55. The van der Waals surface area contributed by atoms with Crippen molar-refractivity contribution in [3.8, 4) is 0 Å². The predicted molar refractivity (Wildman–Crippen MR) is 117 cm³/mol. The smallest absolute Gasteiger partial charge is 0.416 e. The van der Waals surface area contributed by atoms with Crippen LogP contribution < -0.4 is 10.6 Å². The van der Waals surface area contributed by atoms with Crippen LogP contribution in [0.5, 0.6) is 0 Å². The molecule has 0 atom stereocenters. The molecule has 0 unspecified atom stereocenters. The highest BCUT2D eigenvalue weighted by Gasteiger charge is 2.30. The van der Waals surface area contributed by atoms with E-state index in [9.17, 15) is 22.8 Å². The SMILES string of the molecule is O=C(COC(=O)c1cccnc1Nc1cccc(C(F)(F)F)c1)NCCc1ccc(Cl)cc1. The molecule has 0 saturated heterocycles. The molecule has 0 fully saturated rings. The van der Waals surface area contributed by atoms with Gasteiger partial charge < -0.3 is 15.4 Å². The number of carbonyl (C=O) groups is 2. The Labute approximate surface area is 192 Å². The number of hydrogen-bond acceptors (Lipinski definition) is 5. The van der Waals surface area contributed by atoms with Crippen molar-refractivity contribution in [2.45, 2.75) is 12.6 Å². The van der Waals surface area contributed by atoms with E-state index in [0.29, 0.717) is 18.0 Å². The highest BCUT2D eigenvalue weighted by molar-refractivity contribution is 6.30. The summed E-state index contributed by atoms with van der Waals surface area (Å²) in [6.07, 6.45) is -2.56. The first kappa shape index (κ1) is 24.1. The van der Waals surface area contributed by atoms with Gasteiger partial charge in [0.15, 0.2) is 6.61 Å². The van der Waals surface area contributed by atoms with Crippen LogP contribution in [0.1, 0.15) is 21.5 Å². The molecule has 1 aromatic heterocycles. The Kier molecular flexibility index (Phi) is 7.89. The molecule has 0 aliphatic rings. The molecule has 10 heteroatoms. The second-order valence-electron chi connectivity index (χ2n) is 6.91. The fourth-order valence-corrected chi connectivity index (χ4v) is 2.96. The topological polar surface area (TPSA) is 80.3 Å². The van der Waals surface area contributed by atoms with E-state index in [1.807, 2.05) is 12.1 Å². The van der Waals surface area contributed by atoms with Crippen molar-refractivity contribution in [2.24, 2.45) is 0 Å². The molecule has 0 aliphatic heterocycles. The molecule has 0 bridgehead atoms. The number of amides is 1. The second-order valence-corrected chi connectivity index (χ2v) is 7.34. The molecule has 1 amide bonds. The van der Waals surface area contributed by atoms with Crippen LogP contribution in [0.4, 0.5) is 24.7 Å². The number of hydrogen-bond donors (Lipinski definition) is 2. The molecule has 0 spiro atoms. The lowest BCUT2D eigenvalue weighted by Crippen LogP contribution is -2.30. The van der Waals surface area contributed by atoms with E-state index >= 15 is 0 Å². The average Bonchev–Trinajstić information content (AvgIpc) is 2.79. The highest BCUT2D eigenvalue weighted by Crippen LogP contribution is 2.31. The van der Waals surface area contributed by atoms with Crippen LogP contribution in [0.2, 0.25) is 5.02 Å². The first-order valence-corrected chi connectivity index (χ1v) is 10.2. The van der Waals surface area contributed by atoms with Crippen molar-refractivity contribution < 1.29 is 27.5 Å². The van der Waals surface area contributed by atoms with Crippen molar-refractivity contribution >= 4 is 35.0 Å². The van der Waals surface area contributed by atoms with Crippen molar-refractivity contribution in [3.05, 3.63) is 88.6 Å². The number of nitrogens with zero attached hydrogens (tertiary/aromatic N) is 1. The minimum atomic E-state index is -4.51. The maximum atomic E-state index is 12.9. The quantitative estimate of drug-likeness (QED) is 0.446. The first-order valence-electron chi connectivity index (χ1n) is 9.80. The summed E-state index contributed by atoms with van der Waals surface area (Å²) in [6.45, 7) is -0.176. The van der Waals surface area contributed by atoms with Crippen LogP contribution in [0.15, 0.2) is 66.9 Å². The largest absolute Gasteiger partial charge is 0.452 e. The third kappa shape index (κ3) is 7.21. The molecule has 2 aromatic carbocycles. The van der Waals surface area contributed by atoms with Crippen LogP contribution >= 0.6 is 11.6 Å². The Hall–Kier alpha value is -3.59. The van der Waals surface area contributed by atoms with Gasteiger partial charge in [0.05, 0.1) is 5.56 Å². The lowest BCUT2D eigenvalue weighted by atomic mass is 10.1. The minimum Gasteiger partial charge on any atom is -0.452 e. The maximum absolute atomic E-state index is 12.9. The number of alkyl halides is 3. The molecule has 0 aliphatic carbocycles. The van der Waals surface area contributed by atoms with Gasteiger partial charge in [-0.2, -0.15) is 13.2 Å². The lowest BCUT2D eigenvalue weighted by molar-refractivity contribution is -0.137. The zero-order valence-electron chi connectivity index (χ0n) is 17.2. The number of aromatic nitrogens is 1. The van der Waals surface area contributed by atoms with Gasteiger partial charge in [-0.15, -0.1) is 0 Å². The van der Waals surface area contributed by atoms with Crippen LogP contribution in [0.3, 0.4) is 0 Å². The molecular weight excluding hydrogens is 459 g/mol. The van der Waals surface area contributed by atoms with Gasteiger partial charge >= 0.3 is 12.1 Å². The number of anilines is 2. The normalized spacial score (nSPS) is 11.0. The fourth-order valence-electron chi connectivity index (χ4n) is 2.84. The van der Waals surface area contributed by atoms with Crippen molar-refractivity contribution in [2.75, 3.05) is 18.5 Å². The zero-order chi connectivity index (χ0) is 23.8. The number of ether oxygens (including phenoxy) is 1. The molecule has 3 rings (SSSR count). The van der Waals surface area contributed by atoms with Gasteiger partial charge in [0.1, 0.15) is 11.4 Å². The summed E-state index contributed by atoms with van der Waals surface area (Å²) in [6, 6.07) is 14.5. The van der Waals surface area contributed by atoms with Gasteiger partial charge in [0.2, 0.25) is 0 Å². The minimum absolute atomic E-state index is 0.00460. The van der Waals surface area contributed by atoms with E-state index in [2.05, 4.69) is 15.6 Å². The van der Waals surface area contributed by atoms with E-state index in [4.69, 9.17) is 16.3 Å². The standard InChI is InChI=1S/C23H19ClF3N3O3/c24-17-8-6-15(7-9-17)10-12-28-20(31)14-33-22(32)19-5-2-11-29-21(19)30-18-4-1-3-16(13-18)23(25,26)27/h1-9,11,13H,10,12,14H2,(H,28,31)(H,29,30). The molecule has 6 nitrogen and oxygen atoms in total. The molecule has 2 N–H and O–H groups in total. The Morgan fingerprint density at radius 3 is 2.52 bits per heavy atom. The van der Waals surface area contributed by atoms with Crippen LogP contribution in [-0.2, 0) is 22.1 Å². The Morgan fingerprint density at radius 2 is 1.79 bits per heavy atom. The van der Waals surface area contributed by atoms with E-state index in [-0.39, 0.29) is 17.1 Å². The van der Waals surface area contributed by atoms with Crippen LogP contribution in [-0.4, -0.2) is 30.0 Å². The number of pyridine rings is 1. The number of halogens is 4. The molecule has 33 heavy (non-hydrogen) atoms. The zero-order valence-corrected chi connectivity index (χ0v) is 17.9. The van der Waals surface area contributed by atoms with Crippen molar-refractivity contribution in [1.82, 2.24) is 10.3 Å². The Bertz CT molecular complexity index is 1120. The monoisotopic (exact) mass is 477 g/mol. The molecule has 1 heterocycles. The summed E-state index contributed by atoms with van der Waals surface area (Å²) >= 11 is 5.83. The number of benzene rings is 2. The van der Waals surface area contributed by atoms with Gasteiger partial charge in [0, 0.05) is 23.5 Å². The first-order chi connectivity index (χ1) is 15.7. The van der Waals surface area contributed by atoms with E-state index in [0.717, 1.165) is 17.7 Å². The van der Waals surface area contributed by atoms with E-state index < -0.39 is 30.2 Å². The van der Waals surface area contributed by atoms with Crippen molar-refractivity contribution in [1.29, 1.82) is 0 Å². The maximum Gasteiger partial charge on any atom is 0.416 e. The third-order valence-corrected chi connectivity index (χ3v) is 4.72. The molecule has 172 valence electrons. The Morgan fingerprint density at radius 1 is 1.03 bits per heavy atom.